The minimum Gasteiger partial charge on any atom is -0.381 e. The molecule has 20 heavy (non-hydrogen) atoms. The topological polar surface area (TPSA) is 71.5 Å². The number of ether oxygens (including phenoxy) is 1. The van der Waals surface area contributed by atoms with Crippen molar-refractivity contribution in [3.63, 3.8) is 0 Å². The molecule has 3 amide bonds. The number of imide groups is 1. The quantitative estimate of drug-likeness (QED) is 0.827. The van der Waals surface area contributed by atoms with Gasteiger partial charge in [0.15, 0.2) is 0 Å². The highest BCUT2D eigenvalue weighted by atomic mass is 79.9. The summed E-state index contributed by atoms with van der Waals surface area (Å²) in [4.78, 5) is 30.0. The van der Waals surface area contributed by atoms with Crippen LogP contribution >= 0.6 is 15.9 Å². The van der Waals surface area contributed by atoms with Crippen molar-refractivity contribution in [1.82, 2.24) is 15.2 Å². The van der Waals surface area contributed by atoms with E-state index >= 15 is 0 Å². The summed E-state index contributed by atoms with van der Waals surface area (Å²) in [6, 6.07) is 3.28. The van der Waals surface area contributed by atoms with Crippen molar-refractivity contribution in [2.45, 2.75) is 24.9 Å². The second-order valence-electron chi connectivity index (χ2n) is 4.98. The Hall–Kier alpha value is -1.47. The van der Waals surface area contributed by atoms with Crippen molar-refractivity contribution in [3.8, 4) is 0 Å². The molecule has 1 spiro atoms. The molecule has 2 saturated heterocycles. The molecule has 0 saturated carbocycles. The first-order valence-electron chi connectivity index (χ1n) is 6.43. The van der Waals surface area contributed by atoms with Gasteiger partial charge in [0.2, 0.25) is 0 Å². The molecule has 1 N–H and O–H groups in total. The van der Waals surface area contributed by atoms with Crippen LogP contribution < -0.4 is 5.32 Å². The van der Waals surface area contributed by atoms with Crippen LogP contribution in [0.4, 0.5) is 4.79 Å². The fraction of sp³-hybridized carbons (Fsp3) is 0.462. The van der Waals surface area contributed by atoms with Gasteiger partial charge in [0.05, 0.1) is 12.2 Å². The van der Waals surface area contributed by atoms with Crippen LogP contribution in [0.15, 0.2) is 22.8 Å². The number of carbonyl (C=O) groups is 2. The van der Waals surface area contributed by atoms with Gasteiger partial charge in [-0.1, -0.05) is 0 Å². The number of hydrogen-bond donors (Lipinski definition) is 1. The predicted octanol–water partition coefficient (Wildman–Crippen LogP) is 1.45. The summed E-state index contributed by atoms with van der Waals surface area (Å²) in [6.07, 6.45) is 2.71. The molecule has 0 unspecified atom stereocenters. The molecule has 0 radical (unpaired) electrons. The van der Waals surface area contributed by atoms with E-state index < -0.39 is 5.54 Å². The van der Waals surface area contributed by atoms with Gasteiger partial charge in [-0.3, -0.25) is 14.7 Å². The first kappa shape index (κ1) is 13.5. The van der Waals surface area contributed by atoms with Gasteiger partial charge in [-0.25, -0.2) is 4.79 Å². The lowest BCUT2D eigenvalue weighted by Gasteiger charge is -2.30. The van der Waals surface area contributed by atoms with E-state index in [1.54, 1.807) is 12.3 Å². The van der Waals surface area contributed by atoms with Gasteiger partial charge in [0.1, 0.15) is 5.54 Å². The van der Waals surface area contributed by atoms with Crippen molar-refractivity contribution in [3.05, 3.63) is 28.5 Å². The zero-order chi connectivity index (χ0) is 14.2. The highest BCUT2D eigenvalue weighted by molar-refractivity contribution is 9.10. The number of pyridine rings is 1. The van der Waals surface area contributed by atoms with Crippen LogP contribution in [0.5, 0.6) is 0 Å². The number of hydrogen-bond acceptors (Lipinski definition) is 4. The molecule has 0 atom stereocenters. The van der Waals surface area contributed by atoms with Crippen molar-refractivity contribution >= 4 is 27.9 Å². The Kier molecular flexibility index (Phi) is 3.47. The van der Waals surface area contributed by atoms with Crippen LogP contribution in [0.25, 0.3) is 0 Å². The SMILES string of the molecule is O=C1NC2(CCOCC2)C(=O)N1Cc1ccc(Br)cn1. The van der Waals surface area contributed by atoms with Gasteiger partial charge in [-0.15, -0.1) is 0 Å². The molecule has 106 valence electrons. The van der Waals surface area contributed by atoms with E-state index in [1.807, 2.05) is 6.07 Å². The van der Waals surface area contributed by atoms with Crippen LogP contribution in [0, 0.1) is 0 Å². The molecular weight excluding hydrogens is 326 g/mol. The average Bonchev–Trinajstić information content (AvgIpc) is 2.67. The average molecular weight is 340 g/mol. The van der Waals surface area contributed by atoms with Gasteiger partial charge in [0, 0.05) is 36.7 Å². The van der Waals surface area contributed by atoms with E-state index in [1.165, 1.54) is 4.90 Å². The van der Waals surface area contributed by atoms with E-state index in [0.717, 1.165) is 4.47 Å². The Balaban J connectivity index is 1.78. The lowest BCUT2D eigenvalue weighted by molar-refractivity contribution is -0.134. The number of halogens is 1. The molecule has 0 aromatic carbocycles. The first-order chi connectivity index (χ1) is 9.61. The van der Waals surface area contributed by atoms with Gasteiger partial charge in [-0.2, -0.15) is 0 Å². The van der Waals surface area contributed by atoms with Gasteiger partial charge in [0.25, 0.3) is 5.91 Å². The Bertz CT molecular complexity index is 540. The molecule has 3 heterocycles. The summed E-state index contributed by atoms with van der Waals surface area (Å²) in [7, 11) is 0. The van der Waals surface area contributed by atoms with Gasteiger partial charge in [-0.05, 0) is 28.1 Å². The number of amides is 3. The Morgan fingerprint density at radius 3 is 2.75 bits per heavy atom. The highest BCUT2D eigenvalue weighted by Gasteiger charge is 2.51. The molecule has 1 aromatic rings. The van der Waals surface area contributed by atoms with Crippen molar-refractivity contribution in [2.75, 3.05) is 13.2 Å². The maximum atomic E-state index is 12.5. The molecule has 0 bridgehead atoms. The Morgan fingerprint density at radius 1 is 1.35 bits per heavy atom. The standard InChI is InChI=1S/C13H14BrN3O3/c14-9-1-2-10(15-7-9)8-17-11(18)13(16-12(17)19)3-5-20-6-4-13/h1-2,7H,3-6,8H2,(H,16,19). The highest BCUT2D eigenvalue weighted by Crippen LogP contribution is 2.29. The van der Waals surface area contributed by atoms with E-state index in [4.69, 9.17) is 4.74 Å². The largest absolute Gasteiger partial charge is 0.381 e. The third-order valence-corrected chi connectivity index (χ3v) is 4.17. The van der Waals surface area contributed by atoms with Crippen LogP contribution in [-0.2, 0) is 16.1 Å². The van der Waals surface area contributed by atoms with E-state index in [2.05, 4.69) is 26.2 Å². The van der Waals surface area contributed by atoms with Crippen molar-refractivity contribution < 1.29 is 14.3 Å². The molecule has 1 aromatic heterocycles. The summed E-state index contributed by atoms with van der Waals surface area (Å²) in [5.41, 5.74) is -0.0918. The summed E-state index contributed by atoms with van der Waals surface area (Å²) in [5.74, 6) is -0.171. The molecule has 6 nitrogen and oxygen atoms in total. The minimum absolute atomic E-state index is 0.171. The summed E-state index contributed by atoms with van der Waals surface area (Å²) in [6.45, 7) is 1.19. The molecular formula is C13H14BrN3O3. The van der Waals surface area contributed by atoms with Crippen molar-refractivity contribution in [2.24, 2.45) is 0 Å². The number of rotatable bonds is 2. The number of carbonyl (C=O) groups excluding carboxylic acids is 2. The molecule has 2 aliphatic rings. The molecule has 7 heteroatoms. The second kappa shape index (κ2) is 5.14. The molecule has 2 aliphatic heterocycles. The molecule has 2 fully saturated rings. The monoisotopic (exact) mass is 339 g/mol. The van der Waals surface area contributed by atoms with Crippen LogP contribution in [0.1, 0.15) is 18.5 Å². The summed E-state index contributed by atoms with van der Waals surface area (Å²) in [5, 5.41) is 2.82. The van der Waals surface area contributed by atoms with Crippen LogP contribution in [0.3, 0.4) is 0 Å². The number of urea groups is 1. The zero-order valence-corrected chi connectivity index (χ0v) is 12.4. The Morgan fingerprint density at radius 2 is 2.10 bits per heavy atom. The lowest BCUT2D eigenvalue weighted by Crippen LogP contribution is -2.51. The summed E-state index contributed by atoms with van der Waals surface area (Å²) >= 11 is 3.30. The fourth-order valence-electron chi connectivity index (χ4n) is 2.54. The fourth-order valence-corrected chi connectivity index (χ4v) is 2.78. The van der Waals surface area contributed by atoms with Crippen molar-refractivity contribution in [1.29, 1.82) is 0 Å². The maximum Gasteiger partial charge on any atom is 0.325 e. The molecule has 0 aliphatic carbocycles. The minimum atomic E-state index is -0.773. The van der Waals surface area contributed by atoms with Crippen LogP contribution in [-0.4, -0.2) is 40.6 Å². The van der Waals surface area contributed by atoms with E-state index in [-0.39, 0.29) is 18.5 Å². The zero-order valence-electron chi connectivity index (χ0n) is 10.8. The lowest BCUT2D eigenvalue weighted by atomic mass is 9.90. The number of nitrogens with zero attached hydrogens (tertiary/aromatic N) is 2. The third kappa shape index (κ3) is 2.31. The van der Waals surface area contributed by atoms with Gasteiger partial charge >= 0.3 is 6.03 Å². The van der Waals surface area contributed by atoms with Gasteiger partial charge < -0.3 is 10.1 Å². The first-order valence-corrected chi connectivity index (χ1v) is 7.22. The molecule has 3 rings (SSSR count). The summed E-state index contributed by atoms with van der Waals surface area (Å²) < 4.78 is 6.13. The van der Waals surface area contributed by atoms with E-state index in [0.29, 0.717) is 31.7 Å². The predicted molar refractivity (Wildman–Crippen MR) is 73.8 cm³/mol. The smallest absolute Gasteiger partial charge is 0.325 e. The van der Waals surface area contributed by atoms with Crippen LogP contribution in [0.2, 0.25) is 0 Å². The number of aromatic nitrogens is 1. The maximum absolute atomic E-state index is 12.5. The Labute approximate surface area is 124 Å². The number of nitrogens with one attached hydrogen (secondary N) is 1. The van der Waals surface area contributed by atoms with E-state index in [9.17, 15) is 9.59 Å². The third-order valence-electron chi connectivity index (χ3n) is 3.70. The second-order valence-corrected chi connectivity index (χ2v) is 5.90. The normalized spacial score (nSPS) is 21.4.